The molecule has 8 heteroatoms. The lowest BCUT2D eigenvalue weighted by Crippen LogP contribution is -2.50. The van der Waals surface area contributed by atoms with Gasteiger partial charge in [-0.1, -0.05) is 58.9 Å². The summed E-state index contributed by atoms with van der Waals surface area (Å²) in [6, 6.07) is 8.79. The van der Waals surface area contributed by atoms with Crippen molar-refractivity contribution in [2.24, 2.45) is 17.3 Å². The molecule has 3 unspecified atom stereocenters. The van der Waals surface area contributed by atoms with Crippen LogP contribution in [0.4, 0.5) is 0 Å². The summed E-state index contributed by atoms with van der Waals surface area (Å²) in [6.07, 6.45) is 1.62. The number of aromatic amines is 1. The lowest BCUT2D eigenvalue weighted by atomic mass is 9.79. The van der Waals surface area contributed by atoms with E-state index in [4.69, 9.17) is 0 Å². The summed E-state index contributed by atoms with van der Waals surface area (Å²) in [5.41, 5.74) is 1.46. The Labute approximate surface area is 208 Å². The molecule has 0 spiro atoms. The number of carboxylic acids is 1. The van der Waals surface area contributed by atoms with E-state index in [1.54, 1.807) is 25.1 Å². The van der Waals surface area contributed by atoms with Gasteiger partial charge < -0.3 is 25.6 Å². The van der Waals surface area contributed by atoms with Crippen LogP contribution in [0.15, 0.2) is 42.0 Å². The highest BCUT2D eigenvalue weighted by Gasteiger charge is 2.36. The topological polar surface area (TPSA) is 115 Å². The van der Waals surface area contributed by atoms with Crippen LogP contribution in [0.25, 0.3) is 10.9 Å². The van der Waals surface area contributed by atoms with Gasteiger partial charge in [-0.2, -0.15) is 0 Å². The fourth-order valence-corrected chi connectivity index (χ4v) is 4.22. The number of amides is 2. The Morgan fingerprint density at radius 1 is 1.17 bits per heavy atom. The fraction of sp³-hybridized carbons (Fsp3) is 0.519. The van der Waals surface area contributed by atoms with Crippen LogP contribution in [0.5, 0.6) is 0 Å². The first-order valence-corrected chi connectivity index (χ1v) is 12.0. The highest BCUT2D eigenvalue weighted by atomic mass is 16.4. The molecule has 0 aliphatic carbocycles. The number of nitrogens with one attached hydrogen (secondary N) is 3. The molecule has 35 heavy (non-hydrogen) atoms. The molecule has 0 aliphatic rings. The van der Waals surface area contributed by atoms with Crippen molar-refractivity contribution in [2.75, 3.05) is 20.6 Å². The Hall–Kier alpha value is -3.13. The number of fused-ring (bicyclic) bond motifs is 1. The number of carbonyl (C=O) groups excluding carboxylic acids is 2. The minimum Gasteiger partial charge on any atom is -0.478 e. The second kappa shape index (κ2) is 11.5. The highest BCUT2D eigenvalue weighted by molar-refractivity contribution is 5.88. The molecule has 2 rings (SSSR count). The van der Waals surface area contributed by atoms with Crippen LogP contribution >= 0.6 is 0 Å². The first kappa shape index (κ1) is 28.1. The smallest absolute Gasteiger partial charge is 0.331 e. The number of para-hydroxylation sites is 1. The van der Waals surface area contributed by atoms with Gasteiger partial charge in [0.05, 0.1) is 12.0 Å². The van der Waals surface area contributed by atoms with E-state index in [9.17, 15) is 19.5 Å². The number of carbonyl (C=O) groups is 3. The number of likely N-dealkylation sites (N-methyl/N-ethyl adjacent to an activating group) is 2. The number of rotatable bonds is 10. The average Bonchev–Trinajstić information content (AvgIpc) is 3.19. The third-order valence-electron chi connectivity index (χ3n) is 6.47. The summed E-state index contributed by atoms with van der Waals surface area (Å²) in [7, 11) is 3.42. The molecule has 4 N–H and O–H groups in total. The van der Waals surface area contributed by atoms with E-state index < -0.39 is 23.3 Å². The van der Waals surface area contributed by atoms with E-state index in [0.717, 1.165) is 16.6 Å². The Kier molecular flexibility index (Phi) is 9.26. The minimum atomic E-state index is -1.01. The van der Waals surface area contributed by atoms with Gasteiger partial charge in [-0.15, -0.1) is 0 Å². The Balaban J connectivity index is 2.22. The molecule has 2 amide bonds. The molecule has 0 saturated carbocycles. The van der Waals surface area contributed by atoms with Gasteiger partial charge >= 0.3 is 5.97 Å². The lowest BCUT2D eigenvalue weighted by molar-refractivity contribution is -0.140. The summed E-state index contributed by atoms with van der Waals surface area (Å²) in [6.45, 7) is 11.5. The molecule has 1 aromatic carbocycles. The third kappa shape index (κ3) is 6.94. The van der Waals surface area contributed by atoms with Gasteiger partial charge in [0.2, 0.25) is 11.8 Å². The number of carboxylic acid groups (broad SMARTS) is 1. The monoisotopic (exact) mass is 484 g/mol. The number of hydrogen-bond acceptors (Lipinski definition) is 4. The summed E-state index contributed by atoms with van der Waals surface area (Å²) < 4.78 is 0. The maximum atomic E-state index is 13.6. The predicted octanol–water partition coefficient (Wildman–Crippen LogP) is 3.72. The standard InChI is InChI=1S/C27H40N4O4/c1-16(2)22(13-17(3)26(34)35)31(8)25(33)19(27(4,5)6)15-29-24(32)23(28-7)21-14-18-11-9-10-12-20(18)30-21/h9-14,16,19,22-23,28,30H,15H2,1-8H3,(H,29,32)(H,34,35). The number of aromatic nitrogens is 1. The summed E-state index contributed by atoms with van der Waals surface area (Å²) in [4.78, 5) is 43.0. The van der Waals surface area contributed by atoms with Crippen LogP contribution in [0, 0.1) is 17.3 Å². The SMILES string of the molecule is CNC(C(=O)NCC(C(=O)N(C)C(C=C(C)C(=O)O)C(C)C)C(C)(C)C)c1cc2ccccc2[nH]1. The van der Waals surface area contributed by atoms with E-state index in [2.05, 4.69) is 15.6 Å². The van der Waals surface area contributed by atoms with Crippen LogP contribution in [0.3, 0.4) is 0 Å². The van der Waals surface area contributed by atoms with Crippen LogP contribution < -0.4 is 10.6 Å². The first-order valence-electron chi connectivity index (χ1n) is 12.0. The molecule has 2 aromatic rings. The van der Waals surface area contributed by atoms with Crippen molar-refractivity contribution < 1.29 is 19.5 Å². The molecule has 8 nitrogen and oxygen atoms in total. The van der Waals surface area contributed by atoms with Crippen molar-refractivity contribution in [3.8, 4) is 0 Å². The fourth-order valence-electron chi connectivity index (χ4n) is 4.22. The lowest BCUT2D eigenvalue weighted by Gasteiger charge is -2.37. The second-order valence-corrected chi connectivity index (χ2v) is 10.5. The van der Waals surface area contributed by atoms with Gasteiger partial charge in [-0.05, 0) is 42.8 Å². The van der Waals surface area contributed by atoms with Crippen molar-refractivity contribution in [2.45, 2.75) is 53.6 Å². The third-order valence-corrected chi connectivity index (χ3v) is 6.47. The first-order chi connectivity index (χ1) is 16.3. The Morgan fingerprint density at radius 3 is 2.31 bits per heavy atom. The molecule has 0 saturated heterocycles. The molecule has 0 aliphatic heterocycles. The van der Waals surface area contributed by atoms with Crippen LogP contribution in [-0.4, -0.2) is 59.5 Å². The Bertz CT molecular complexity index is 1050. The molecule has 192 valence electrons. The van der Waals surface area contributed by atoms with E-state index >= 15 is 0 Å². The average molecular weight is 485 g/mol. The summed E-state index contributed by atoms with van der Waals surface area (Å²) >= 11 is 0. The molecule has 3 atom stereocenters. The maximum absolute atomic E-state index is 13.6. The summed E-state index contributed by atoms with van der Waals surface area (Å²) in [5.74, 6) is -1.87. The van der Waals surface area contributed by atoms with Crippen molar-refractivity contribution in [1.82, 2.24) is 20.5 Å². The van der Waals surface area contributed by atoms with Gasteiger partial charge in [0.25, 0.3) is 0 Å². The zero-order valence-electron chi connectivity index (χ0n) is 22.1. The molecule has 0 radical (unpaired) electrons. The zero-order valence-corrected chi connectivity index (χ0v) is 22.1. The quantitative estimate of drug-likeness (QED) is 0.384. The van der Waals surface area contributed by atoms with Gasteiger partial charge in [-0.25, -0.2) is 4.79 Å². The van der Waals surface area contributed by atoms with Crippen molar-refractivity contribution >= 4 is 28.7 Å². The number of aliphatic carboxylic acids is 1. The van der Waals surface area contributed by atoms with Crippen molar-refractivity contribution in [1.29, 1.82) is 0 Å². The van der Waals surface area contributed by atoms with Crippen molar-refractivity contribution in [3.05, 3.63) is 47.7 Å². The van der Waals surface area contributed by atoms with Crippen LogP contribution in [0.2, 0.25) is 0 Å². The Morgan fingerprint density at radius 2 is 1.80 bits per heavy atom. The molecular formula is C27H40N4O4. The largest absolute Gasteiger partial charge is 0.478 e. The molecular weight excluding hydrogens is 444 g/mol. The minimum absolute atomic E-state index is 0.0177. The maximum Gasteiger partial charge on any atom is 0.331 e. The normalized spacial score (nSPS) is 15.1. The van der Waals surface area contributed by atoms with Crippen LogP contribution in [-0.2, 0) is 14.4 Å². The van der Waals surface area contributed by atoms with Gasteiger partial charge in [0.1, 0.15) is 6.04 Å². The van der Waals surface area contributed by atoms with Gasteiger partial charge in [0, 0.05) is 30.4 Å². The summed E-state index contributed by atoms with van der Waals surface area (Å²) in [5, 5.41) is 16.3. The number of hydrogen-bond donors (Lipinski definition) is 4. The number of H-pyrrole nitrogens is 1. The van der Waals surface area contributed by atoms with E-state index in [-0.39, 0.29) is 35.9 Å². The number of benzene rings is 1. The zero-order chi connectivity index (χ0) is 26.5. The van der Waals surface area contributed by atoms with Crippen molar-refractivity contribution in [3.63, 3.8) is 0 Å². The predicted molar refractivity (Wildman–Crippen MR) is 139 cm³/mol. The van der Waals surface area contributed by atoms with Gasteiger partial charge in [-0.3, -0.25) is 9.59 Å². The van der Waals surface area contributed by atoms with E-state index in [1.807, 2.05) is 65.0 Å². The van der Waals surface area contributed by atoms with E-state index in [1.165, 1.54) is 6.92 Å². The van der Waals surface area contributed by atoms with Gasteiger partial charge in [0.15, 0.2) is 0 Å². The molecule has 0 bridgehead atoms. The molecule has 1 aromatic heterocycles. The van der Waals surface area contributed by atoms with E-state index in [0.29, 0.717) is 0 Å². The second-order valence-electron chi connectivity index (χ2n) is 10.5. The highest BCUT2D eigenvalue weighted by Crippen LogP contribution is 2.29. The molecule has 0 fully saturated rings. The number of nitrogens with zero attached hydrogens (tertiary/aromatic N) is 1. The van der Waals surface area contributed by atoms with Crippen LogP contribution in [0.1, 0.15) is 53.3 Å². The molecule has 1 heterocycles.